The number of hydrogen-bond donors (Lipinski definition) is 1. The fraction of sp³-hybridized carbons (Fsp3) is 0.500. The first-order valence-corrected chi connectivity index (χ1v) is 6.55. The number of carbonyl (C=O) groups excluding carboxylic acids is 1. The SMILES string of the molecule is CCCNCC(=O)N1CCN(C)c2ccccc21. The van der Waals surface area contributed by atoms with E-state index in [9.17, 15) is 4.79 Å². The molecule has 0 spiro atoms. The lowest BCUT2D eigenvalue weighted by atomic mass is 10.1. The van der Waals surface area contributed by atoms with Gasteiger partial charge in [0, 0.05) is 20.1 Å². The second-order valence-electron chi connectivity index (χ2n) is 4.63. The molecule has 0 unspecified atom stereocenters. The molecule has 4 heteroatoms. The van der Waals surface area contributed by atoms with E-state index in [4.69, 9.17) is 0 Å². The molecule has 0 bridgehead atoms. The highest BCUT2D eigenvalue weighted by Crippen LogP contribution is 2.31. The molecule has 98 valence electrons. The maximum absolute atomic E-state index is 12.2. The predicted octanol–water partition coefficient (Wildman–Crippen LogP) is 1.47. The summed E-state index contributed by atoms with van der Waals surface area (Å²) in [5.74, 6) is 0.156. The van der Waals surface area contributed by atoms with Crippen molar-refractivity contribution in [3.05, 3.63) is 24.3 Å². The second-order valence-corrected chi connectivity index (χ2v) is 4.63. The first kappa shape index (κ1) is 12.9. The van der Waals surface area contributed by atoms with Crippen LogP contribution in [0, 0.1) is 0 Å². The Morgan fingerprint density at radius 3 is 2.72 bits per heavy atom. The number of nitrogens with zero attached hydrogens (tertiary/aromatic N) is 2. The molecule has 0 saturated carbocycles. The quantitative estimate of drug-likeness (QED) is 0.818. The van der Waals surface area contributed by atoms with Gasteiger partial charge in [-0.15, -0.1) is 0 Å². The molecule has 1 aromatic rings. The van der Waals surface area contributed by atoms with Gasteiger partial charge in [0.25, 0.3) is 0 Å². The summed E-state index contributed by atoms with van der Waals surface area (Å²) in [6.45, 7) is 5.06. The first-order valence-electron chi connectivity index (χ1n) is 6.55. The second kappa shape index (κ2) is 5.87. The third-order valence-electron chi connectivity index (χ3n) is 3.25. The van der Waals surface area contributed by atoms with Gasteiger partial charge in [-0.3, -0.25) is 4.79 Å². The molecule has 0 aromatic heterocycles. The smallest absolute Gasteiger partial charge is 0.241 e. The normalized spacial score (nSPS) is 14.6. The van der Waals surface area contributed by atoms with Crippen LogP contribution in [-0.2, 0) is 4.79 Å². The number of anilines is 2. The van der Waals surface area contributed by atoms with E-state index in [1.165, 1.54) is 0 Å². The van der Waals surface area contributed by atoms with E-state index in [0.29, 0.717) is 6.54 Å². The number of rotatable bonds is 4. The lowest BCUT2D eigenvalue weighted by molar-refractivity contribution is -0.117. The third-order valence-corrected chi connectivity index (χ3v) is 3.25. The lowest BCUT2D eigenvalue weighted by Gasteiger charge is -2.35. The monoisotopic (exact) mass is 247 g/mol. The van der Waals surface area contributed by atoms with Crippen molar-refractivity contribution < 1.29 is 4.79 Å². The van der Waals surface area contributed by atoms with Crippen LogP contribution in [0.25, 0.3) is 0 Å². The maximum atomic E-state index is 12.2. The molecule has 1 N–H and O–H groups in total. The van der Waals surface area contributed by atoms with Crippen LogP contribution in [0.1, 0.15) is 13.3 Å². The van der Waals surface area contributed by atoms with Crippen molar-refractivity contribution >= 4 is 17.3 Å². The average Bonchev–Trinajstić information content (AvgIpc) is 2.39. The van der Waals surface area contributed by atoms with Gasteiger partial charge in [-0.05, 0) is 25.1 Å². The van der Waals surface area contributed by atoms with Gasteiger partial charge in [0.15, 0.2) is 0 Å². The van der Waals surface area contributed by atoms with Crippen LogP contribution in [0.2, 0.25) is 0 Å². The Hall–Kier alpha value is -1.55. The zero-order valence-electron chi connectivity index (χ0n) is 11.1. The van der Waals surface area contributed by atoms with Crippen LogP contribution in [0.4, 0.5) is 11.4 Å². The Balaban J connectivity index is 2.11. The standard InChI is InChI=1S/C14H21N3O/c1-3-8-15-11-14(18)17-10-9-16(2)12-6-4-5-7-13(12)17/h4-7,15H,3,8-11H2,1-2H3. The van der Waals surface area contributed by atoms with Crippen LogP contribution >= 0.6 is 0 Å². The molecule has 1 aliphatic heterocycles. The van der Waals surface area contributed by atoms with E-state index in [-0.39, 0.29) is 5.91 Å². The number of carbonyl (C=O) groups is 1. The summed E-state index contributed by atoms with van der Waals surface area (Å²) in [5, 5.41) is 3.17. The topological polar surface area (TPSA) is 35.6 Å². The zero-order chi connectivity index (χ0) is 13.0. The Morgan fingerprint density at radius 1 is 1.28 bits per heavy atom. The van der Waals surface area contributed by atoms with Crippen LogP contribution in [0.15, 0.2) is 24.3 Å². The molecule has 1 heterocycles. The Labute approximate surface area is 109 Å². The predicted molar refractivity (Wildman–Crippen MR) is 75.2 cm³/mol. The summed E-state index contributed by atoms with van der Waals surface area (Å²) >= 11 is 0. The zero-order valence-corrected chi connectivity index (χ0v) is 11.1. The van der Waals surface area contributed by atoms with Crippen molar-refractivity contribution in [1.29, 1.82) is 0 Å². The van der Waals surface area contributed by atoms with Crippen molar-refractivity contribution in [3.8, 4) is 0 Å². The molecule has 0 saturated heterocycles. The van der Waals surface area contributed by atoms with Gasteiger partial charge >= 0.3 is 0 Å². The van der Waals surface area contributed by atoms with E-state index in [0.717, 1.165) is 37.4 Å². The van der Waals surface area contributed by atoms with Crippen molar-refractivity contribution in [2.24, 2.45) is 0 Å². The number of fused-ring (bicyclic) bond motifs is 1. The van der Waals surface area contributed by atoms with Crippen molar-refractivity contribution in [2.45, 2.75) is 13.3 Å². The minimum absolute atomic E-state index is 0.156. The fourth-order valence-corrected chi connectivity index (χ4v) is 2.23. The molecular weight excluding hydrogens is 226 g/mol. The molecule has 18 heavy (non-hydrogen) atoms. The van der Waals surface area contributed by atoms with Crippen molar-refractivity contribution in [2.75, 3.05) is 43.0 Å². The molecule has 2 rings (SSSR count). The number of benzene rings is 1. The van der Waals surface area contributed by atoms with Crippen LogP contribution in [-0.4, -0.2) is 39.1 Å². The van der Waals surface area contributed by atoms with Crippen LogP contribution < -0.4 is 15.1 Å². The molecule has 0 atom stereocenters. The Kier molecular flexibility index (Phi) is 4.20. The van der Waals surface area contributed by atoms with Gasteiger partial charge in [0.05, 0.1) is 17.9 Å². The molecule has 1 aromatic carbocycles. The minimum Gasteiger partial charge on any atom is -0.371 e. The number of nitrogens with one attached hydrogen (secondary N) is 1. The average molecular weight is 247 g/mol. The van der Waals surface area contributed by atoms with E-state index >= 15 is 0 Å². The Morgan fingerprint density at radius 2 is 2.00 bits per heavy atom. The molecular formula is C14H21N3O. The highest BCUT2D eigenvalue weighted by molar-refractivity contribution is 5.98. The number of amides is 1. The van der Waals surface area contributed by atoms with Crippen molar-refractivity contribution in [1.82, 2.24) is 5.32 Å². The minimum atomic E-state index is 0.156. The molecule has 1 amide bonds. The van der Waals surface area contributed by atoms with E-state index < -0.39 is 0 Å². The van der Waals surface area contributed by atoms with E-state index in [1.54, 1.807) is 0 Å². The molecule has 1 aliphatic rings. The van der Waals surface area contributed by atoms with Crippen LogP contribution in [0.3, 0.4) is 0 Å². The van der Waals surface area contributed by atoms with Crippen LogP contribution in [0.5, 0.6) is 0 Å². The fourth-order valence-electron chi connectivity index (χ4n) is 2.23. The summed E-state index contributed by atoms with van der Waals surface area (Å²) in [7, 11) is 2.07. The van der Waals surface area contributed by atoms with Gasteiger partial charge in [-0.1, -0.05) is 19.1 Å². The maximum Gasteiger partial charge on any atom is 0.241 e. The van der Waals surface area contributed by atoms with Gasteiger partial charge in [-0.2, -0.15) is 0 Å². The molecule has 0 aliphatic carbocycles. The van der Waals surface area contributed by atoms with Gasteiger partial charge in [0.2, 0.25) is 5.91 Å². The first-order chi connectivity index (χ1) is 8.74. The summed E-state index contributed by atoms with van der Waals surface area (Å²) in [4.78, 5) is 16.3. The summed E-state index contributed by atoms with van der Waals surface area (Å²) in [6.07, 6.45) is 1.05. The molecule has 4 nitrogen and oxygen atoms in total. The summed E-state index contributed by atoms with van der Waals surface area (Å²) in [5.41, 5.74) is 2.15. The number of para-hydroxylation sites is 2. The highest BCUT2D eigenvalue weighted by atomic mass is 16.2. The number of likely N-dealkylation sites (N-methyl/N-ethyl adjacent to an activating group) is 1. The third kappa shape index (κ3) is 2.64. The van der Waals surface area contributed by atoms with Gasteiger partial charge < -0.3 is 15.1 Å². The largest absolute Gasteiger partial charge is 0.371 e. The Bertz CT molecular complexity index is 419. The summed E-state index contributed by atoms with van der Waals surface area (Å²) < 4.78 is 0. The summed E-state index contributed by atoms with van der Waals surface area (Å²) in [6, 6.07) is 8.08. The van der Waals surface area contributed by atoms with Gasteiger partial charge in [-0.25, -0.2) is 0 Å². The van der Waals surface area contributed by atoms with E-state index in [1.807, 2.05) is 23.1 Å². The molecule has 0 fully saturated rings. The van der Waals surface area contributed by atoms with Crippen molar-refractivity contribution in [3.63, 3.8) is 0 Å². The molecule has 0 radical (unpaired) electrons. The highest BCUT2D eigenvalue weighted by Gasteiger charge is 2.23. The number of hydrogen-bond acceptors (Lipinski definition) is 3. The van der Waals surface area contributed by atoms with E-state index in [2.05, 4.69) is 30.3 Å². The van der Waals surface area contributed by atoms with Gasteiger partial charge in [0.1, 0.15) is 0 Å². The lowest BCUT2D eigenvalue weighted by Crippen LogP contribution is -2.46.